The molecular weight excluding hydrogens is 356 g/mol. The van der Waals surface area contributed by atoms with Gasteiger partial charge in [-0.15, -0.1) is 0 Å². The van der Waals surface area contributed by atoms with Crippen molar-refractivity contribution in [2.45, 2.75) is 32.9 Å². The summed E-state index contributed by atoms with van der Waals surface area (Å²) in [7, 11) is 0. The Morgan fingerprint density at radius 2 is 1.75 bits per heavy atom. The van der Waals surface area contributed by atoms with E-state index in [2.05, 4.69) is 11.4 Å². The van der Waals surface area contributed by atoms with Crippen LogP contribution in [0.2, 0.25) is 0 Å². The molecule has 0 unspecified atom stereocenters. The highest BCUT2D eigenvalue weighted by molar-refractivity contribution is 5.92. The number of rotatable bonds is 8. The lowest BCUT2D eigenvalue weighted by molar-refractivity contribution is -0.125. The smallest absolute Gasteiger partial charge is 0.339 e. The van der Waals surface area contributed by atoms with Crippen molar-refractivity contribution >= 4 is 11.9 Å². The highest BCUT2D eigenvalue weighted by atomic mass is 16.5. The zero-order valence-electron chi connectivity index (χ0n) is 16.3. The van der Waals surface area contributed by atoms with Gasteiger partial charge < -0.3 is 14.8 Å². The summed E-state index contributed by atoms with van der Waals surface area (Å²) < 4.78 is 10.8. The van der Waals surface area contributed by atoms with Crippen LogP contribution in [0.15, 0.2) is 54.6 Å². The number of nitrogens with zero attached hydrogens (tertiary/aromatic N) is 1. The molecule has 0 aliphatic rings. The van der Waals surface area contributed by atoms with Crippen molar-refractivity contribution in [2.24, 2.45) is 5.92 Å². The van der Waals surface area contributed by atoms with Gasteiger partial charge in [0.1, 0.15) is 17.9 Å². The quantitative estimate of drug-likeness (QED) is 0.709. The molecule has 28 heavy (non-hydrogen) atoms. The molecule has 146 valence electrons. The number of carbonyl (C=O) groups is 2. The van der Waals surface area contributed by atoms with Gasteiger partial charge in [-0.3, -0.25) is 4.79 Å². The lowest BCUT2D eigenvalue weighted by atomic mass is 9.90. The summed E-state index contributed by atoms with van der Waals surface area (Å²) in [5.41, 5.74) is -0.0378. The summed E-state index contributed by atoms with van der Waals surface area (Å²) in [6.07, 6.45) is 0. The number of esters is 1. The number of para-hydroxylation sites is 1. The maximum absolute atomic E-state index is 12.4. The largest absolute Gasteiger partial charge is 0.489 e. The molecule has 6 heteroatoms. The van der Waals surface area contributed by atoms with Gasteiger partial charge in [0.15, 0.2) is 6.61 Å². The van der Waals surface area contributed by atoms with Crippen molar-refractivity contribution in [3.05, 3.63) is 65.7 Å². The van der Waals surface area contributed by atoms with Gasteiger partial charge in [0.25, 0.3) is 5.91 Å². The van der Waals surface area contributed by atoms with Gasteiger partial charge in [0, 0.05) is 5.56 Å². The van der Waals surface area contributed by atoms with Crippen molar-refractivity contribution in [3.8, 4) is 11.8 Å². The number of ether oxygens (including phenoxy) is 2. The summed E-state index contributed by atoms with van der Waals surface area (Å²) in [5, 5.41) is 11.9. The fraction of sp³-hybridized carbons (Fsp3) is 0.318. The van der Waals surface area contributed by atoms with E-state index in [0.717, 1.165) is 0 Å². The first-order chi connectivity index (χ1) is 13.4. The average Bonchev–Trinajstić information content (AvgIpc) is 2.71. The molecule has 0 fully saturated rings. The second-order valence-corrected chi connectivity index (χ2v) is 6.85. The Kier molecular flexibility index (Phi) is 7.16. The van der Waals surface area contributed by atoms with E-state index in [9.17, 15) is 14.9 Å². The molecule has 0 bridgehead atoms. The van der Waals surface area contributed by atoms with Gasteiger partial charge >= 0.3 is 5.97 Å². The van der Waals surface area contributed by atoms with Crippen LogP contribution >= 0.6 is 0 Å². The first kappa shape index (κ1) is 21.0. The Balaban J connectivity index is 1.97. The number of amides is 1. The van der Waals surface area contributed by atoms with Gasteiger partial charge in [-0.25, -0.2) is 4.79 Å². The normalized spacial score (nSPS) is 12.5. The Morgan fingerprint density at radius 1 is 1.11 bits per heavy atom. The van der Waals surface area contributed by atoms with Gasteiger partial charge in [0.05, 0.1) is 11.6 Å². The average molecular weight is 380 g/mol. The van der Waals surface area contributed by atoms with Gasteiger partial charge in [-0.2, -0.15) is 5.26 Å². The fourth-order valence-corrected chi connectivity index (χ4v) is 2.36. The van der Waals surface area contributed by atoms with Gasteiger partial charge in [-0.05, 0) is 31.0 Å². The minimum Gasteiger partial charge on any atom is -0.489 e. The van der Waals surface area contributed by atoms with Crippen LogP contribution in [0.3, 0.4) is 0 Å². The predicted octanol–water partition coefficient (Wildman–Crippen LogP) is 3.48. The molecule has 0 aliphatic heterocycles. The molecule has 0 aliphatic carbocycles. The van der Waals surface area contributed by atoms with E-state index < -0.39 is 24.0 Å². The van der Waals surface area contributed by atoms with E-state index in [1.807, 2.05) is 44.2 Å². The Bertz CT molecular complexity index is 858. The highest BCUT2D eigenvalue weighted by Gasteiger charge is 2.30. The topological polar surface area (TPSA) is 88.4 Å². The Labute approximate surface area is 165 Å². The highest BCUT2D eigenvalue weighted by Crippen LogP contribution is 2.17. The lowest BCUT2D eigenvalue weighted by Gasteiger charge is -2.27. The summed E-state index contributed by atoms with van der Waals surface area (Å²) in [5.74, 6) is -0.544. The molecule has 0 aromatic heterocycles. The molecule has 1 atom stereocenters. The molecule has 2 aromatic rings. The van der Waals surface area contributed by atoms with Gasteiger partial charge in [0.2, 0.25) is 0 Å². The Morgan fingerprint density at radius 3 is 2.39 bits per heavy atom. The molecule has 0 saturated carbocycles. The van der Waals surface area contributed by atoms with E-state index >= 15 is 0 Å². The first-order valence-corrected chi connectivity index (χ1v) is 9.01. The van der Waals surface area contributed by atoms with Crippen molar-refractivity contribution in [2.75, 3.05) is 6.61 Å². The standard InChI is InChI=1S/C22H24N2O4/c1-16(2)22(3,15-23)24-20(25)14-28-21(26)19-12-8-7-9-17(19)13-27-18-10-5-4-6-11-18/h4-12,16H,13-14H2,1-3H3,(H,24,25)/t22-/m0/s1. The summed E-state index contributed by atoms with van der Waals surface area (Å²) in [4.78, 5) is 24.5. The fourth-order valence-electron chi connectivity index (χ4n) is 2.36. The van der Waals surface area contributed by atoms with E-state index in [1.54, 1.807) is 31.2 Å². The van der Waals surface area contributed by atoms with E-state index in [4.69, 9.17) is 9.47 Å². The molecule has 0 spiro atoms. The van der Waals surface area contributed by atoms with Crippen molar-refractivity contribution < 1.29 is 19.1 Å². The number of hydrogen-bond donors (Lipinski definition) is 1. The van der Waals surface area contributed by atoms with Crippen LogP contribution < -0.4 is 10.1 Å². The SMILES string of the molecule is CC(C)[C@](C)(C#N)NC(=O)COC(=O)c1ccccc1COc1ccccc1. The number of nitriles is 1. The third-order valence-corrected chi connectivity index (χ3v) is 4.50. The maximum Gasteiger partial charge on any atom is 0.339 e. The summed E-state index contributed by atoms with van der Waals surface area (Å²) in [6, 6.07) is 18.3. The molecular formula is C22H24N2O4. The first-order valence-electron chi connectivity index (χ1n) is 9.01. The van der Waals surface area contributed by atoms with Crippen molar-refractivity contribution in [1.82, 2.24) is 5.32 Å². The predicted molar refractivity (Wildman–Crippen MR) is 104 cm³/mol. The monoisotopic (exact) mass is 380 g/mol. The third-order valence-electron chi connectivity index (χ3n) is 4.50. The number of hydrogen-bond acceptors (Lipinski definition) is 5. The second-order valence-electron chi connectivity index (χ2n) is 6.85. The number of benzene rings is 2. The maximum atomic E-state index is 12.4. The molecule has 2 aromatic carbocycles. The third kappa shape index (κ3) is 5.58. The van der Waals surface area contributed by atoms with Gasteiger partial charge in [-0.1, -0.05) is 50.2 Å². The van der Waals surface area contributed by atoms with Crippen LogP contribution in [0.1, 0.15) is 36.7 Å². The van der Waals surface area contributed by atoms with Crippen LogP contribution in [-0.4, -0.2) is 24.0 Å². The molecule has 1 amide bonds. The molecule has 0 saturated heterocycles. The summed E-state index contributed by atoms with van der Waals surface area (Å²) in [6.45, 7) is 5.03. The molecule has 6 nitrogen and oxygen atoms in total. The zero-order chi connectivity index (χ0) is 20.6. The van der Waals surface area contributed by atoms with Crippen LogP contribution in [0, 0.1) is 17.2 Å². The lowest BCUT2D eigenvalue weighted by Crippen LogP contribution is -2.50. The van der Waals surface area contributed by atoms with E-state index in [1.165, 1.54) is 0 Å². The molecule has 1 N–H and O–H groups in total. The molecule has 0 heterocycles. The van der Waals surface area contributed by atoms with Crippen LogP contribution in [-0.2, 0) is 16.1 Å². The van der Waals surface area contributed by atoms with Crippen molar-refractivity contribution in [1.29, 1.82) is 5.26 Å². The Hall–Kier alpha value is -3.33. The van der Waals surface area contributed by atoms with Crippen LogP contribution in [0.25, 0.3) is 0 Å². The van der Waals surface area contributed by atoms with E-state index in [0.29, 0.717) is 16.9 Å². The van der Waals surface area contributed by atoms with E-state index in [-0.39, 0.29) is 12.5 Å². The molecule has 0 radical (unpaired) electrons. The minimum absolute atomic E-state index is 0.0898. The number of carbonyl (C=O) groups excluding carboxylic acids is 2. The minimum atomic E-state index is -1.02. The number of nitrogens with one attached hydrogen (secondary N) is 1. The zero-order valence-corrected chi connectivity index (χ0v) is 16.3. The van der Waals surface area contributed by atoms with Crippen molar-refractivity contribution in [3.63, 3.8) is 0 Å². The van der Waals surface area contributed by atoms with Crippen LogP contribution in [0.5, 0.6) is 5.75 Å². The van der Waals surface area contributed by atoms with Crippen LogP contribution in [0.4, 0.5) is 0 Å². The summed E-state index contributed by atoms with van der Waals surface area (Å²) >= 11 is 0. The second kappa shape index (κ2) is 9.56. The molecule has 2 rings (SSSR count).